The number of carbonyl (C=O) groups excluding carboxylic acids is 2. The molecule has 8 nitrogen and oxygen atoms in total. The Balaban J connectivity index is 1.54. The zero-order valence-electron chi connectivity index (χ0n) is 19.9. The normalized spacial score (nSPS) is 11.6. The molecule has 1 heterocycles. The monoisotopic (exact) mass is 482 g/mol. The number of carbonyl (C=O) groups is 2. The summed E-state index contributed by atoms with van der Waals surface area (Å²) in [4.78, 5) is 24.5. The fraction of sp³-hybridized carbons (Fsp3) is 0.360. The Morgan fingerprint density at radius 1 is 1.12 bits per heavy atom. The van der Waals surface area contributed by atoms with Crippen molar-refractivity contribution in [1.29, 1.82) is 0 Å². The number of hydrogen-bond donors (Lipinski definition) is 1. The van der Waals surface area contributed by atoms with Crippen molar-refractivity contribution in [2.45, 2.75) is 44.9 Å². The number of aryl methyl sites for hydroxylation is 1. The number of thioether (sulfide) groups is 1. The van der Waals surface area contributed by atoms with Crippen molar-refractivity contribution < 1.29 is 19.1 Å². The molecule has 0 unspecified atom stereocenters. The van der Waals surface area contributed by atoms with Crippen LogP contribution in [0.4, 0.5) is 5.69 Å². The van der Waals surface area contributed by atoms with E-state index in [0.29, 0.717) is 28.8 Å². The van der Waals surface area contributed by atoms with E-state index < -0.39 is 5.97 Å². The summed E-state index contributed by atoms with van der Waals surface area (Å²) < 4.78 is 13.0. The third-order valence-corrected chi connectivity index (χ3v) is 6.05. The largest absolute Gasteiger partial charge is 0.483 e. The highest BCUT2D eigenvalue weighted by Gasteiger charge is 2.18. The minimum Gasteiger partial charge on any atom is -0.483 e. The van der Waals surface area contributed by atoms with E-state index in [0.717, 1.165) is 18.6 Å². The van der Waals surface area contributed by atoms with Crippen molar-refractivity contribution in [3.8, 4) is 5.75 Å². The second kappa shape index (κ2) is 12.2. The standard InChI is InChI=1S/C25H30N4O4S/c1-5-14-32-24(31)19-8-7-9-20(15-19)26-22(30)16-34-25-28-27-23(29(25)4)17(3)33-21-12-10-18(6-2)11-13-21/h7-13,15,17H,5-6,14,16H2,1-4H3,(H,26,30)/t17-/m0/s1. The Bertz CT molecular complexity index is 1110. The summed E-state index contributed by atoms with van der Waals surface area (Å²) >= 11 is 1.28. The van der Waals surface area contributed by atoms with Crippen molar-refractivity contribution in [1.82, 2.24) is 14.8 Å². The van der Waals surface area contributed by atoms with Gasteiger partial charge in [-0.3, -0.25) is 4.79 Å². The molecule has 1 aromatic heterocycles. The number of hydrogen-bond acceptors (Lipinski definition) is 7. The van der Waals surface area contributed by atoms with Crippen LogP contribution in [0.25, 0.3) is 0 Å². The lowest BCUT2D eigenvalue weighted by molar-refractivity contribution is -0.113. The lowest BCUT2D eigenvalue weighted by Gasteiger charge is -2.14. The maximum absolute atomic E-state index is 12.5. The van der Waals surface area contributed by atoms with Crippen LogP contribution in [0, 0.1) is 0 Å². The second-order valence-corrected chi connectivity index (χ2v) is 8.65. The molecule has 2 aromatic carbocycles. The molecule has 3 rings (SSSR count). The molecule has 180 valence electrons. The fourth-order valence-electron chi connectivity index (χ4n) is 3.20. The Hall–Kier alpha value is -3.33. The number of nitrogens with one attached hydrogen (secondary N) is 1. The van der Waals surface area contributed by atoms with Crippen LogP contribution >= 0.6 is 11.8 Å². The van der Waals surface area contributed by atoms with Crippen molar-refractivity contribution in [3.63, 3.8) is 0 Å². The first kappa shape index (κ1) is 25.3. The van der Waals surface area contributed by atoms with Crippen molar-refractivity contribution in [3.05, 3.63) is 65.5 Å². The molecule has 0 bridgehead atoms. The lowest BCUT2D eigenvalue weighted by atomic mass is 10.2. The summed E-state index contributed by atoms with van der Waals surface area (Å²) in [6.07, 6.45) is 1.42. The number of rotatable bonds is 11. The van der Waals surface area contributed by atoms with Crippen LogP contribution in [0.3, 0.4) is 0 Å². The maximum Gasteiger partial charge on any atom is 0.338 e. The maximum atomic E-state index is 12.5. The molecule has 1 N–H and O–H groups in total. The molecule has 1 atom stereocenters. The van der Waals surface area contributed by atoms with Gasteiger partial charge in [0.05, 0.1) is 17.9 Å². The number of anilines is 1. The van der Waals surface area contributed by atoms with Gasteiger partial charge in [0, 0.05) is 12.7 Å². The van der Waals surface area contributed by atoms with E-state index in [1.54, 1.807) is 24.3 Å². The molecular weight excluding hydrogens is 452 g/mol. The van der Waals surface area contributed by atoms with Gasteiger partial charge >= 0.3 is 5.97 Å². The minimum absolute atomic E-state index is 0.143. The molecule has 0 saturated heterocycles. The Kier molecular flexibility index (Phi) is 9.09. The van der Waals surface area contributed by atoms with Gasteiger partial charge in [0.25, 0.3) is 0 Å². The summed E-state index contributed by atoms with van der Waals surface area (Å²) in [7, 11) is 1.85. The van der Waals surface area contributed by atoms with Crippen molar-refractivity contribution in [2.24, 2.45) is 7.05 Å². The molecule has 0 aliphatic rings. The zero-order valence-corrected chi connectivity index (χ0v) is 20.7. The van der Waals surface area contributed by atoms with E-state index in [-0.39, 0.29) is 17.8 Å². The van der Waals surface area contributed by atoms with E-state index in [1.807, 2.05) is 49.7 Å². The summed E-state index contributed by atoms with van der Waals surface area (Å²) in [5.74, 6) is 0.956. The number of aromatic nitrogens is 3. The zero-order chi connectivity index (χ0) is 24.5. The molecule has 0 radical (unpaired) electrons. The highest BCUT2D eigenvalue weighted by atomic mass is 32.2. The van der Waals surface area contributed by atoms with Crippen LogP contribution in [0.2, 0.25) is 0 Å². The first-order valence-corrected chi connectivity index (χ1v) is 12.2. The van der Waals surface area contributed by atoms with E-state index in [2.05, 4.69) is 22.4 Å². The summed E-state index contributed by atoms with van der Waals surface area (Å²) in [5.41, 5.74) is 2.18. The molecule has 3 aromatic rings. The predicted octanol–water partition coefficient (Wildman–Crippen LogP) is 4.82. The van der Waals surface area contributed by atoms with Gasteiger partial charge < -0.3 is 19.4 Å². The molecule has 34 heavy (non-hydrogen) atoms. The highest BCUT2D eigenvalue weighted by Crippen LogP contribution is 2.24. The highest BCUT2D eigenvalue weighted by molar-refractivity contribution is 7.99. The molecule has 0 aliphatic carbocycles. The lowest BCUT2D eigenvalue weighted by Crippen LogP contribution is -2.15. The van der Waals surface area contributed by atoms with E-state index >= 15 is 0 Å². The summed E-state index contributed by atoms with van der Waals surface area (Å²) in [6.45, 7) is 6.32. The van der Waals surface area contributed by atoms with Crippen molar-refractivity contribution in [2.75, 3.05) is 17.7 Å². The first-order chi connectivity index (χ1) is 16.4. The van der Waals surface area contributed by atoms with E-state index in [4.69, 9.17) is 9.47 Å². The Morgan fingerprint density at radius 3 is 2.59 bits per heavy atom. The van der Waals surface area contributed by atoms with E-state index in [1.165, 1.54) is 17.3 Å². The number of ether oxygens (including phenoxy) is 2. The second-order valence-electron chi connectivity index (χ2n) is 7.71. The molecule has 1 amide bonds. The molecular formula is C25H30N4O4S. The van der Waals surface area contributed by atoms with Crippen LogP contribution < -0.4 is 10.1 Å². The third-order valence-electron chi connectivity index (χ3n) is 5.03. The smallest absolute Gasteiger partial charge is 0.338 e. The van der Waals surface area contributed by atoms with Gasteiger partial charge in [-0.15, -0.1) is 10.2 Å². The van der Waals surface area contributed by atoms with Gasteiger partial charge in [-0.05, 0) is 55.7 Å². The van der Waals surface area contributed by atoms with Gasteiger partial charge in [-0.2, -0.15) is 0 Å². The SMILES string of the molecule is CCCOC(=O)c1cccc(NC(=O)CSc2nnc([C@H](C)Oc3ccc(CC)cc3)n2C)c1. The Morgan fingerprint density at radius 2 is 1.88 bits per heavy atom. The van der Waals surface area contributed by atoms with Crippen molar-refractivity contribution >= 4 is 29.3 Å². The molecule has 0 fully saturated rings. The van der Waals surface area contributed by atoms with Crippen LogP contribution in [0.5, 0.6) is 5.75 Å². The molecule has 0 spiro atoms. The number of amides is 1. The fourth-order valence-corrected chi connectivity index (χ4v) is 3.91. The van der Waals surface area contributed by atoms with Gasteiger partial charge in [-0.25, -0.2) is 4.79 Å². The predicted molar refractivity (Wildman–Crippen MR) is 132 cm³/mol. The Labute approximate surface area is 204 Å². The van der Waals surface area contributed by atoms with E-state index in [9.17, 15) is 9.59 Å². The third kappa shape index (κ3) is 6.84. The minimum atomic E-state index is -0.406. The number of benzene rings is 2. The van der Waals surface area contributed by atoms with Gasteiger partial charge in [0.1, 0.15) is 5.75 Å². The van der Waals surface area contributed by atoms with Gasteiger partial charge in [-0.1, -0.05) is 43.8 Å². The average molecular weight is 483 g/mol. The molecule has 0 aliphatic heterocycles. The molecule has 0 saturated carbocycles. The van der Waals surface area contributed by atoms with Crippen LogP contribution in [-0.2, 0) is 23.0 Å². The quantitative estimate of drug-likeness (QED) is 0.309. The van der Waals surface area contributed by atoms with Gasteiger partial charge in [0.2, 0.25) is 5.91 Å². The number of nitrogens with zero attached hydrogens (tertiary/aromatic N) is 3. The first-order valence-electron chi connectivity index (χ1n) is 11.3. The van der Waals surface area contributed by atoms with Crippen LogP contribution in [-0.4, -0.2) is 39.0 Å². The average Bonchev–Trinajstić information content (AvgIpc) is 3.22. The summed E-state index contributed by atoms with van der Waals surface area (Å²) in [6, 6.07) is 14.7. The number of esters is 1. The van der Waals surface area contributed by atoms with Gasteiger partial charge in [0.15, 0.2) is 17.1 Å². The van der Waals surface area contributed by atoms with Crippen LogP contribution in [0.1, 0.15) is 55.0 Å². The topological polar surface area (TPSA) is 95.3 Å². The summed E-state index contributed by atoms with van der Waals surface area (Å²) in [5, 5.41) is 11.9. The van der Waals surface area contributed by atoms with Crippen LogP contribution in [0.15, 0.2) is 53.7 Å². The molecule has 9 heteroatoms.